The minimum Gasteiger partial charge on any atom is -0.496 e. The van der Waals surface area contributed by atoms with Crippen LogP contribution >= 0.6 is 0 Å². The number of carbonyl (C=O) groups is 1. The van der Waals surface area contributed by atoms with Crippen LogP contribution in [0.25, 0.3) is 0 Å². The normalized spacial score (nSPS) is 18.8. The molecule has 0 radical (unpaired) electrons. The van der Waals surface area contributed by atoms with Crippen LogP contribution in [0.15, 0.2) is 29.4 Å². The molecule has 1 atom stereocenters. The molecule has 5 heteroatoms. The second-order valence-corrected chi connectivity index (χ2v) is 3.37. The predicted molar refractivity (Wildman–Crippen MR) is 56.7 cm³/mol. The number of aliphatic carboxylic acids is 1. The lowest BCUT2D eigenvalue weighted by Gasteiger charge is -2.06. The van der Waals surface area contributed by atoms with Gasteiger partial charge in [0.2, 0.25) is 6.10 Å². The van der Waals surface area contributed by atoms with Gasteiger partial charge in [-0.2, -0.15) is 0 Å². The molecule has 0 aromatic heterocycles. The van der Waals surface area contributed by atoms with Gasteiger partial charge in [0.05, 0.1) is 12.8 Å². The van der Waals surface area contributed by atoms with Crippen molar-refractivity contribution in [2.45, 2.75) is 12.5 Å². The van der Waals surface area contributed by atoms with E-state index in [-0.39, 0.29) is 6.42 Å². The van der Waals surface area contributed by atoms with Gasteiger partial charge < -0.3 is 14.7 Å². The number of nitrogens with zero attached hydrogens (tertiary/aromatic N) is 1. The lowest BCUT2D eigenvalue weighted by molar-refractivity contribution is -0.148. The Balaban J connectivity index is 2.23. The van der Waals surface area contributed by atoms with Gasteiger partial charge in [-0.1, -0.05) is 17.3 Å². The molecule has 0 bridgehead atoms. The first-order valence-electron chi connectivity index (χ1n) is 4.81. The van der Waals surface area contributed by atoms with Gasteiger partial charge in [-0.3, -0.25) is 0 Å². The molecular weight excluding hydrogens is 210 g/mol. The number of carboxylic acid groups (broad SMARTS) is 1. The summed E-state index contributed by atoms with van der Waals surface area (Å²) < 4.78 is 5.17. The van der Waals surface area contributed by atoms with Gasteiger partial charge in [-0.25, -0.2) is 4.79 Å². The van der Waals surface area contributed by atoms with Crippen LogP contribution in [0.2, 0.25) is 0 Å². The largest absolute Gasteiger partial charge is 0.496 e. The Morgan fingerprint density at radius 3 is 2.94 bits per heavy atom. The SMILES string of the molecule is COc1ccccc1C1=NOC(C(=O)O)C1. The highest BCUT2D eigenvalue weighted by Gasteiger charge is 2.29. The molecule has 0 spiro atoms. The van der Waals surface area contributed by atoms with E-state index < -0.39 is 12.1 Å². The molecule has 1 unspecified atom stereocenters. The Bertz CT molecular complexity index is 441. The molecule has 0 aliphatic carbocycles. The van der Waals surface area contributed by atoms with E-state index in [1.54, 1.807) is 13.2 Å². The first kappa shape index (κ1) is 10.5. The molecule has 0 amide bonds. The number of hydrogen-bond acceptors (Lipinski definition) is 4. The topological polar surface area (TPSA) is 68.1 Å². The summed E-state index contributed by atoms with van der Waals surface area (Å²) in [5.74, 6) is -0.343. The molecule has 1 aromatic rings. The minimum atomic E-state index is -1.01. The maximum absolute atomic E-state index is 10.7. The maximum atomic E-state index is 10.7. The fraction of sp³-hybridized carbons (Fsp3) is 0.273. The van der Waals surface area contributed by atoms with E-state index in [4.69, 9.17) is 14.7 Å². The Labute approximate surface area is 92.3 Å². The number of benzene rings is 1. The van der Waals surface area contributed by atoms with Crippen molar-refractivity contribution in [3.63, 3.8) is 0 Å². The fourth-order valence-corrected chi connectivity index (χ4v) is 1.55. The van der Waals surface area contributed by atoms with E-state index in [0.29, 0.717) is 11.5 Å². The van der Waals surface area contributed by atoms with Crippen molar-refractivity contribution in [3.05, 3.63) is 29.8 Å². The second-order valence-electron chi connectivity index (χ2n) is 3.37. The van der Waals surface area contributed by atoms with Gasteiger partial charge in [-0.15, -0.1) is 0 Å². The monoisotopic (exact) mass is 221 g/mol. The zero-order valence-corrected chi connectivity index (χ0v) is 8.71. The van der Waals surface area contributed by atoms with Crippen molar-refractivity contribution in [2.75, 3.05) is 7.11 Å². The van der Waals surface area contributed by atoms with E-state index >= 15 is 0 Å². The molecule has 84 valence electrons. The molecular formula is C11H11NO4. The average Bonchev–Trinajstić information content (AvgIpc) is 2.78. The summed E-state index contributed by atoms with van der Waals surface area (Å²) in [5.41, 5.74) is 1.37. The van der Waals surface area contributed by atoms with Gasteiger partial charge in [0.1, 0.15) is 5.75 Å². The zero-order chi connectivity index (χ0) is 11.5. The molecule has 2 rings (SSSR count). The number of hydrogen-bond donors (Lipinski definition) is 1. The van der Waals surface area contributed by atoms with Crippen LogP contribution in [0.5, 0.6) is 5.75 Å². The molecule has 0 fully saturated rings. The van der Waals surface area contributed by atoms with E-state index in [9.17, 15) is 4.79 Å². The highest BCUT2D eigenvalue weighted by molar-refractivity contribution is 6.05. The van der Waals surface area contributed by atoms with Crippen molar-refractivity contribution in [2.24, 2.45) is 5.16 Å². The van der Waals surface area contributed by atoms with E-state index in [1.807, 2.05) is 18.2 Å². The summed E-state index contributed by atoms with van der Waals surface area (Å²) in [6, 6.07) is 7.30. The van der Waals surface area contributed by atoms with Crippen LogP contribution in [-0.4, -0.2) is 30.0 Å². The van der Waals surface area contributed by atoms with Crippen LogP contribution < -0.4 is 4.74 Å². The molecule has 1 N–H and O–H groups in total. The third-order valence-corrected chi connectivity index (χ3v) is 2.36. The minimum absolute atomic E-state index is 0.260. The standard InChI is InChI=1S/C11H11NO4/c1-15-9-5-3-2-4-7(9)8-6-10(11(13)14)16-12-8/h2-5,10H,6H2,1H3,(H,13,14). The molecule has 0 saturated carbocycles. The van der Waals surface area contributed by atoms with Gasteiger partial charge in [0, 0.05) is 12.0 Å². The number of oxime groups is 1. The van der Waals surface area contributed by atoms with Crippen LogP contribution in [0.4, 0.5) is 0 Å². The van der Waals surface area contributed by atoms with Crippen molar-refractivity contribution < 1.29 is 19.5 Å². The molecule has 1 aliphatic rings. The van der Waals surface area contributed by atoms with Crippen molar-refractivity contribution in [1.29, 1.82) is 0 Å². The maximum Gasteiger partial charge on any atom is 0.348 e. The van der Waals surface area contributed by atoms with Crippen LogP contribution in [0.3, 0.4) is 0 Å². The van der Waals surface area contributed by atoms with Crippen molar-refractivity contribution in [1.82, 2.24) is 0 Å². The van der Waals surface area contributed by atoms with Gasteiger partial charge in [-0.05, 0) is 12.1 Å². The summed E-state index contributed by atoms with van der Waals surface area (Å²) in [7, 11) is 1.56. The summed E-state index contributed by atoms with van der Waals surface area (Å²) in [6.45, 7) is 0. The van der Waals surface area contributed by atoms with Crippen LogP contribution in [0.1, 0.15) is 12.0 Å². The van der Waals surface area contributed by atoms with Gasteiger partial charge in [0.15, 0.2) is 0 Å². The molecule has 1 aromatic carbocycles. The summed E-state index contributed by atoms with van der Waals surface area (Å²) in [5, 5.41) is 12.5. The van der Waals surface area contributed by atoms with Crippen molar-refractivity contribution in [3.8, 4) is 5.75 Å². The highest BCUT2D eigenvalue weighted by atomic mass is 16.7. The summed E-state index contributed by atoms with van der Waals surface area (Å²) in [6.07, 6.45) is -0.629. The average molecular weight is 221 g/mol. The predicted octanol–water partition coefficient (Wildman–Crippen LogP) is 1.27. The number of methoxy groups -OCH3 is 1. The Morgan fingerprint density at radius 2 is 2.31 bits per heavy atom. The second kappa shape index (κ2) is 4.22. The lowest BCUT2D eigenvalue weighted by atomic mass is 10.0. The van der Waals surface area contributed by atoms with Crippen molar-refractivity contribution >= 4 is 11.7 Å². The first-order chi connectivity index (χ1) is 7.72. The van der Waals surface area contributed by atoms with E-state index in [0.717, 1.165) is 5.56 Å². The fourth-order valence-electron chi connectivity index (χ4n) is 1.55. The molecule has 1 heterocycles. The molecule has 1 aliphatic heterocycles. The number of ether oxygens (including phenoxy) is 1. The number of para-hydroxylation sites is 1. The third kappa shape index (κ3) is 1.84. The van der Waals surface area contributed by atoms with E-state index in [1.165, 1.54) is 0 Å². The molecule has 16 heavy (non-hydrogen) atoms. The highest BCUT2D eigenvalue weighted by Crippen LogP contribution is 2.24. The summed E-state index contributed by atoms with van der Waals surface area (Å²) in [4.78, 5) is 15.5. The quantitative estimate of drug-likeness (QED) is 0.834. The zero-order valence-electron chi connectivity index (χ0n) is 8.71. The summed E-state index contributed by atoms with van der Waals surface area (Å²) >= 11 is 0. The molecule has 5 nitrogen and oxygen atoms in total. The number of rotatable bonds is 3. The van der Waals surface area contributed by atoms with Gasteiger partial charge in [0.25, 0.3) is 0 Å². The Hall–Kier alpha value is -2.04. The lowest BCUT2D eigenvalue weighted by Crippen LogP contribution is -2.20. The Kier molecular flexibility index (Phi) is 2.76. The smallest absolute Gasteiger partial charge is 0.348 e. The van der Waals surface area contributed by atoms with Crippen LogP contribution in [0, 0.1) is 0 Å². The molecule has 0 saturated heterocycles. The first-order valence-corrected chi connectivity index (χ1v) is 4.81. The van der Waals surface area contributed by atoms with Crippen LogP contribution in [-0.2, 0) is 9.63 Å². The Morgan fingerprint density at radius 1 is 1.56 bits per heavy atom. The number of carboxylic acids is 1. The van der Waals surface area contributed by atoms with Gasteiger partial charge >= 0.3 is 5.97 Å². The third-order valence-electron chi connectivity index (χ3n) is 2.36. The van der Waals surface area contributed by atoms with E-state index in [2.05, 4.69) is 5.16 Å².